The summed E-state index contributed by atoms with van der Waals surface area (Å²) in [5, 5.41) is 0. The largest absolute Gasteiger partial charge is 0.497 e. The molecule has 1 unspecified atom stereocenters. The van der Waals surface area contributed by atoms with Crippen LogP contribution in [0.15, 0.2) is 36.4 Å². The Morgan fingerprint density at radius 2 is 2.05 bits per heavy atom. The Hall–Kier alpha value is -1.96. The van der Waals surface area contributed by atoms with Gasteiger partial charge in [-0.05, 0) is 47.7 Å². The molecule has 2 heteroatoms. The van der Waals surface area contributed by atoms with Gasteiger partial charge in [0.1, 0.15) is 11.5 Å². The van der Waals surface area contributed by atoms with E-state index in [0.29, 0.717) is 0 Å². The monoisotopic (exact) mass is 266 g/mol. The molecule has 1 atom stereocenters. The van der Waals surface area contributed by atoms with E-state index in [1.807, 2.05) is 6.07 Å². The molecule has 1 aliphatic carbocycles. The number of ether oxygens (including phenoxy) is 2. The van der Waals surface area contributed by atoms with Crippen LogP contribution in [0.5, 0.6) is 11.5 Å². The van der Waals surface area contributed by atoms with Crippen LogP contribution in [-0.2, 0) is 11.8 Å². The van der Waals surface area contributed by atoms with Crippen molar-refractivity contribution in [3.8, 4) is 22.6 Å². The van der Waals surface area contributed by atoms with Gasteiger partial charge in [0.25, 0.3) is 0 Å². The molecule has 0 radical (unpaired) electrons. The van der Waals surface area contributed by atoms with Gasteiger partial charge in [-0.15, -0.1) is 0 Å². The highest BCUT2D eigenvalue weighted by Crippen LogP contribution is 2.51. The SMILES string of the molecule is COc1ccc2c(c1)CC1(C)CCOc3cccc-2c31. The van der Waals surface area contributed by atoms with E-state index < -0.39 is 0 Å². The molecule has 0 amide bonds. The second kappa shape index (κ2) is 4.02. The fraction of sp³-hybridized carbons (Fsp3) is 0.333. The highest BCUT2D eigenvalue weighted by molar-refractivity contribution is 5.78. The quantitative estimate of drug-likeness (QED) is 0.778. The van der Waals surface area contributed by atoms with Crippen LogP contribution in [0.25, 0.3) is 11.1 Å². The van der Waals surface area contributed by atoms with Gasteiger partial charge in [-0.25, -0.2) is 0 Å². The number of fused-ring (bicyclic) bond motifs is 2. The third kappa shape index (κ3) is 1.51. The summed E-state index contributed by atoms with van der Waals surface area (Å²) in [4.78, 5) is 0. The fourth-order valence-electron chi connectivity index (χ4n) is 3.71. The first-order chi connectivity index (χ1) is 9.71. The summed E-state index contributed by atoms with van der Waals surface area (Å²) in [6.07, 6.45) is 2.14. The lowest BCUT2D eigenvalue weighted by Crippen LogP contribution is -2.35. The van der Waals surface area contributed by atoms with Crippen LogP contribution >= 0.6 is 0 Å². The number of benzene rings is 2. The molecule has 4 rings (SSSR count). The maximum atomic E-state index is 5.87. The zero-order valence-corrected chi connectivity index (χ0v) is 11.9. The van der Waals surface area contributed by atoms with Gasteiger partial charge in [0, 0.05) is 11.0 Å². The lowest BCUT2D eigenvalue weighted by molar-refractivity contribution is 0.222. The van der Waals surface area contributed by atoms with Crippen molar-refractivity contribution in [2.24, 2.45) is 0 Å². The van der Waals surface area contributed by atoms with Crippen molar-refractivity contribution in [2.75, 3.05) is 13.7 Å². The highest BCUT2D eigenvalue weighted by atomic mass is 16.5. The van der Waals surface area contributed by atoms with Gasteiger partial charge in [0.2, 0.25) is 0 Å². The van der Waals surface area contributed by atoms with E-state index in [0.717, 1.165) is 30.9 Å². The molecule has 0 bridgehead atoms. The molecule has 1 heterocycles. The van der Waals surface area contributed by atoms with Crippen LogP contribution in [0.3, 0.4) is 0 Å². The van der Waals surface area contributed by atoms with Gasteiger partial charge in [-0.3, -0.25) is 0 Å². The predicted molar refractivity (Wildman–Crippen MR) is 79.6 cm³/mol. The minimum absolute atomic E-state index is 0.184. The first-order valence-electron chi connectivity index (χ1n) is 7.15. The Labute approximate surface area is 119 Å². The van der Waals surface area contributed by atoms with Crippen LogP contribution in [0.1, 0.15) is 24.5 Å². The average Bonchev–Trinajstić information content (AvgIpc) is 2.46. The normalized spacial score (nSPS) is 22.5. The maximum Gasteiger partial charge on any atom is 0.123 e. The number of hydrogen-bond donors (Lipinski definition) is 0. The average molecular weight is 266 g/mol. The van der Waals surface area contributed by atoms with Crippen LogP contribution in [0.2, 0.25) is 0 Å². The van der Waals surface area contributed by atoms with Gasteiger partial charge in [0.05, 0.1) is 13.7 Å². The molecule has 2 aromatic rings. The van der Waals surface area contributed by atoms with Crippen LogP contribution in [0, 0.1) is 0 Å². The Kier molecular flexibility index (Phi) is 2.38. The first-order valence-corrected chi connectivity index (χ1v) is 7.15. The molecule has 0 fully saturated rings. The lowest BCUT2D eigenvalue weighted by atomic mass is 9.66. The predicted octanol–water partition coefficient (Wildman–Crippen LogP) is 3.96. The van der Waals surface area contributed by atoms with Crippen molar-refractivity contribution in [1.82, 2.24) is 0 Å². The van der Waals surface area contributed by atoms with Crippen LogP contribution < -0.4 is 9.47 Å². The van der Waals surface area contributed by atoms with Crippen molar-refractivity contribution >= 4 is 0 Å². The smallest absolute Gasteiger partial charge is 0.123 e. The molecule has 0 spiro atoms. The standard InChI is InChI=1S/C18H18O2/c1-18-8-9-20-16-5-3-4-15(17(16)18)14-7-6-13(19-2)10-12(14)11-18/h3-7,10H,8-9,11H2,1-2H3. The lowest BCUT2D eigenvalue weighted by Gasteiger charge is -2.41. The summed E-state index contributed by atoms with van der Waals surface area (Å²) in [5.74, 6) is 2.01. The summed E-state index contributed by atoms with van der Waals surface area (Å²) in [5.41, 5.74) is 5.62. The fourth-order valence-corrected chi connectivity index (χ4v) is 3.71. The third-order valence-electron chi connectivity index (χ3n) is 4.72. The molecule has 2 aliphatic rings. The molecule has 0 saturated heterocycles. The van der Waals surface area contributed by atoms with Gasteiger partial charge < -0.3 is 9.47 Å². The Balaban J connectivity index is 2.01. The van der Waals surface area contributed by atoms with Gasteiger partial charge in [0.15, 0.2) is 0 Å². The van der Waals surface area contributed by atoms with Crippen LogP contribution in [-0.4, -0.2) is 13.7 Å². The second-order valence-electron chi connectivity index (χ2n) is 6.04. The second-order valence-corrected chi connectivity index (χ2v) is 6.04. The van der Waals surface area contributed by atoms with E-state index in [2.05, 4.69) is 37.3 Å². The molecule has 0 saturated carbocycles. The minimum Gasteiger partial charge on any atom is -0.497 e. The van der Waals surface area contributed by atoms with Crippen molar-refractivity contribution < 1.29 is 9.47 Å². The van der Waals surface area contributed by atoms with Crippen molar-refractivity contribution in [2.45, 2.75) is 25.2 Å². The summed E-state index contributed by atoms with van der Waals surface area (Å²) < 4.78 is 11.3. The third-order valence-corrected chi connectivity index (χ3v) is 4.72. The molecule has 2 nitrogen and oxygen atoms in total. The van der Waals surface area contributed by atoms with Gasteiger partial charge in [-0.1, -0.05) is 25.1 Å². The highest BCUT2D eigenvalue weighted by Gasteiger charge is 2.39. The molecule has 0 aromatic heterocycles. The maximum absolute atomic E-state index is 5.87. The van der Waals surface area contributed by atoms with E-state index in [1.54, 1.807) is 7.11 Å². The molecule has 102 valence electrons. The Bertz CT molecular complexity index is 690. The molecule has 0 N–H and O–H groups in total. The molecular formula is C18H18O2. The minimum atomic E-state index is 0.184. The molecule has 20 heavy (non-hydrogen) atoms. The number of rotatable bonds is 1. The number of methoxy groups -OCH3 is 1. The van der Waals surface area contributed by atoms with Crippen LogP contribution in [0.4, 0.5) is 0 Å². The van der Waals surface area contributed by atoms with E-state index in [1.165, 1.54) is 22.3 Å². The summed E-state index contributed by atoms with van der Waals surface area (Å²) >= 11 is 0. The molecule has 2 aromatic carbocycles. The van der Waals surface area contributed by atoms with Crippen molar-refractivity contribution in [1.29, 1.82) is 0 Å². The molecular weight excluding hydrogens is 248 g/mol. The summed E-state index contributed by atoms with van der Waals surface area (Å²) in [6, 6.07) is 12.8. The van der Waals surface area contributed by atoms with E-state index >= 15 is 0 Å². The van der Waals surface area contributed by atoms with Crippen molar-refractivity contribution in [3.05, 3.63) is 47.5 Å². The van der Waals surface area contributed by atoms with Crippen molar-refractivity contribution in [3.63, 3.8) is 0 Å². The Morgan fingerprint density at radius 3 is 2.90 bits per heavy atom. The zero-order chi connectivity index (χ0) is 13.7. The molecule has 1 aliphatic heterocycles. The Morgan fingerprint density at radius 1 is 1.15 bits per heavy atom. The van der Waals surface area contributed by atoms with Gasteiger partial charge >= 0.3 is 0 Å². The topological polar surface area (TPSA) is 18.5 Å². The van der Waals surface area contributed by atoms with E-state index in [4.69, 9.17) is 9.47 Å². The summed E-state index contributed by atoms with van der Waals surface area (Å²) in [7, 11) is 1.73. The van der Waals surface area contributed by atoms with E-state index in [9.17, 15) is 0 Å². The zero-order valence-electron chi connectivity index (χ0n) is 11.9. The first kappa shape index (κ1) is 11.8. The van der Waals surface area contributed by atoms with E-state index in [-0.39, 0.29) is 5.41 Å². The summed E-state index contributed by atoms with van der Waals surface area (Å²) in [6.45, 7) is 3.17. The van der Waals surface area contributed by atoms with Gasteiger partial charge in [-0.2, -0.15) is 0 Å². The number of hydrogen-bond acceptors (Lipinski definition) is 2.